The lowest BCUT2D eigenvalue weighted by molar-refractivity contribution is 0.440. The average molecular weight is 278 g/mol. The van der Waals surface area contributed by atoms with E-state index in [4.69, 9.17) is 4.74 Å². The van der Waals surface area contributed by atoms with Gasteiger partial charge in [0.2, 0.25) is 5.88 Å². The number of para-hydroxylation sites is 1. The Hall–Kier alpha value is -1.59. The number of thioether (sulfide) groups is 1. The summed E-state index contributed by atoms with van der Waals surface area (Å²) in [4.78, 5) is 5.04. The third kappa shape index (κ3) is 3.45. The third-order valence-corrected chi connectivity index (χ3v) is 3.31. The van der Waals surface area contributed by atoms with Gasteiger partial charge in [0.1, 0.15) is 11.6 Å². The fourth-order valence-corrected chi connectivity index (χ4v) is 2.21. The number of rotatable bonds is 5. The average Bonchev–Trinajstić information content (AvgIpc) is 2.43. The van der Waals surface area contributed by atoms with Gasteiger partial charge in [0.05, 0.1) is 6.20 Å². The predicted octanol–water partition coefficient (Wildman–Crippen LogP) is 3.45. The molecule has 0 unspecified atom stereocenters. The molecule has 100 valence electrons. The third-order valence-electron chi connectivity index (χ3n) is 2.53. The summed E-state index contributed by atoms with van der Waals surface area (Å²) < 4.78 is 19.0. The number of nitrogens with zero attached hydrogens (tertiary/aromatic N) is 1. The Balaban J connectivity index is 2.32. The highest BCUT2D eigenvalue weighted by Crippen LogP contribution is 2.31. The van der Waals surface area contributed by atoms with Crippen LogP contribution in [-0.4, -0.2) is 18.3 Å². The van der Waals surface area contributed by atoms with Crippen molar-refractivity contribution in [3.8, 4) is 11.6 Å². The maximum absolute atomic E-state index is 13.2. The quantitative estimate of drug-likeness (QED) is 0.849. The van der Waals surface area contributed by atoms with Crippen LogP contribution in [0.4, 0.5) is 4.39 Å². The Labute approximate surface area is 116 Å². The summed E-state index contributed by atoms with van der Waals surface area (Å²) in [6.45, 7) is 0.502. The number of aromatic nitrogens is 1. The number of ether oxygens (including phenoxy) is 1. The largest absolute Gasteiger partial charge is 0.438 e. The second kappa shape index (κ2) is 6.54. The first-order chi connectivity index (χ1) is 9.24. The molecule has 0 radical (unpaired) electrons. The molecule has 1 N–H and O–H groups in total. The van der Waals surface area contributed by atoms with Crippen LogP contribution in [0, 0.1) is 5.82 Å². The van der Waals surface area contributed by atoms with Gasteiger partial charge in [0.25, 0.3) is 0 Å². The fraction of sp³-hybridized carbons (Fsp3) is 0.214. The van der Waals surface area contributed by atoms with Crippen LogP contribution in [0.25, 0.3) is 0 Å². The number of halogens is 1. The summed E-state index contributed by atoms with van der Waals surface area (Å²) in [6.07, 6.45) is 3.14. The standard InChI is InChI=1S/C14H15FN2OS/c1-16-8-10-7-11(15)9-17-14(10)18-12-5-3-4-6-13(12)19-2/h3-7,9,16H,8H2,1-2H3. The zero-order valence-corrected chi connectivity index (χ0v) is 11.6. The Morgan fingerprint density at radius 1 is 1.37 bits per heavy atom. The van der Waals surface area contributed by atoms with Crippen LogP contribution in [0.3, 0.4) is 0 Å². The zero-order chi connectivity index (χ0) is 13.7. The van der Waals surface area contributed by atoms with E-state index in [1.54, 1.807) is 18.8 Å². The van der Waals surface area contributed by atoms with Gasteiger partial charge in [-0.1, -0.05) is 12.1 Å². The first kappa shape index (κ1) is 13.8. The topological polar surface area (TPSA) is 34.2 Å². The molecule has 1 heterocycles. The van der Waals surface area contributed by atoms with Crippen molar-refractivity contribution >= 4 is 11.8 Å². The molecule has 0 fully saturated rings. The summed E-state index contributed by atoms with van der Waals surface area (Å²) in [6, 6.07) is 9.13. The van der Waals surface area contributed by atoms with Crippen molar-refractivity contribution in [2.45, 2.75) is 11.4 Å². The van der Waals surface area contributed by atoms with E-state index < -0.39 is 0 Å². The van der Waals surface area contributed by atoms with Gasteiger partial charge in [0.15, 0.2) is 0 Å². The molecule has 1 aromatic heterocycles. The van der Waals surface area contributed by atoms with Crippen molar-refractivity contribution in [1.29, 1.82) is 0 Å². The molecule has 0 saturated carbocycles. The normalized spacial score (nSPS) is 10.5. The lowest BCUT2D eigenvalue weighted by atomic mass is 10.2. The molecule has 0 bridgehead atoms. The SMILES string of the molecule is CNCc1cc(F)cnc1Oc1ccccc1SC. The van der Waals surface area contributed by atoms with E-state index in [1.807, 2.05) is 30.5 Å². The van der Waals surface area contributed by atoms with Crippen LogP contribution in [0.1, 0.15) is 5.56 Å². The summed E-state index contributed by atoms with van der Waals surface area (Å²) >= 11 is 1.59. The Bertz CT molecular complexity index is 563. The molecule has 1 aromatic carbocycles. The lowest BCUT2D eigenvalue weighted by Gasteiger charge is -2.12. The first-order valence-corrected chi connectivity index (χ1v) is 7.07. The minimum Gasteiger partial charge on any atom is -0.438 e. The van der Waals surface area contributed by atoms with Crippen LogP contribution in [0.15, 0.2) is 41.4 Å². The fourth-order valence-electron chi connectivity index (χ4n) is 1.68. The number of hydrogen-bond acceptors (Lipinski definition) is 4. The van der Waals surface area contributed by atoms with Crippen molar-refractivity contribution in [3.63, 3.8) is 0 Å². The summed E-state index contributed by atoms with van der Waals surface area (Å²) in [5.41, 5.74) is 0.693. The Morgan fingerprint density at radius 3 is 2.89 bits per heavy atom. The molecule has 19 heavy (non-hydrogen) atoms. The number of pyridine rings is 1. The summed E-state index contributed by atoms with van der Waals surface area (Å²) in [5, 5.41) is 2.97. The molecule has 0 saturated heterocycles. The van der Waals surface area contributed by atoms with Gasteiger partial charge in [-0.05, 0) is 31.5 Å². The lowest BCUT2D eigenvalue weighted by Crippen LogP contribution is -2.08. The highest BCUT2D eigenvalue weighted by molar-refractivity contribution is 7.98. The van der Waals surface area contributed by atoms with Crippen LogP contribution in [-0.2, 0) is 6.54 Å². The van der Waals surface area contributed by atoms with Crippen LogP contribution in [0.5, 0.6) is 11.6 Å². The first-order valence-electron chi connectivity index (χ1n) is 5.84. The number of nitrogens with one attached hydrogen (secondary N) is 1. The van der Waals surface area contributed by atoms with Gasteiger partial charge >= 0.3 is 0 Å². The van der Waals surface area contributed by atoms with Crippen LogP contribution < -0.4 is 10.1 Å². The molecule has 2 rings (SSSR count). The van der Waals surface area contributed by atoms with Crippen molar-refractivity contribution in [2.75, 3.05) is 13.3 Å². The summed E-state index contributed by atoms with van der Waals surface area (Å²) in [5.74, 6) is 0.791. The van der Waals surface area contributed by atoms with Crippen LogP contribution in [0.2, 0.25) is 0 Å². The molecule has 0 spiro atoms. The molecule has 2 aromatic rings. The van der Waals surface area contributed by atoms with Gasteiger partial charge in [-0.15, -0.1) is 11.8 Å². The molecule has 0 aliphatic carbocycles. The van der Waals surface area contributed by atoms with E-state index in [9.17, 15) is 4.39 Å². The van der Waals surface area contributed by atoms with Gasteiger partial charge in [-0.3, -0.25) is 0 Å². The van der Waals surface area contributed by atoms with E-state index in [2.05, 4.69) is 10.3 Å². The van der Waals surface area contributed by atoms with Gasteiger partial charge in [0, 0.05) is 17.0 Å². The zero-order valence-electron chi connectivity index (χ0n) is 10.8. The van der Waals surface area contributed by atoms with Gasteiger partial charge in [-0.25, -0.2) is 9.37 Å². The Kier molecular flexibility index (Phi) is 4.76. The molecule has 0 atom stereocenters. The molecule has 0 amide bonds. The van der Waals surface area contributed by atoms with E-state index in [0.717, 1.165) is 16.8 Å². The molecular formula is C14H15FN2OS. The second-order valence-electron chi connectivity index (χ2n) is 3.90. The van der Waals surface area contributed by atoms with Gasteiger partial charge in [-0.2, -0.15) is 0 Å². The smallest absolute Gasteiger partial charge is 0.223 e. The molecule has 3 nitrogen and oxygen atoms in total. The van der Waals surface area contributed by atoms with E-state index in [0.29, 0.717) is 18.0 Å². The molecule has 5 heteroatoms. The van der Waals surface area contributed by atoms with E-state index >= 15 is 0 Å². The monoisotopic (exact) mass is 278 g/mol. The minimum absolute atomic E-state index is 0.365. The van der Waals surface area contributed by atoms with E-state index in [1.165, 1.54) is 6.07 Å². The molecule has 0 aliphatic heterocycles. The van der Waals surface area contributed by atoms with Crippen molar-refractivity contribution in [3.05, 3.63) is 47.9 Å². The highest BCUT2D eigenvalue weighted by atomic mass is 32.2. The maximum atomic E-state index is 13.2. The van der Waals surface area contributed by atoms with Crippen LogP contribution >= 0.6 is 11.8 Å². The van der Waals surface area contributed by atoms with Crippen molar-refractivity contribution in [1.82, 2.24) is 10.3 Å². The van der Waals surface area contributed by atoms with Crippen molar-refractivity contribution in [2.24, 2.45) is 0 Å². The minimum atomic E-state index is -0.365. The second-order valence-corrected chi connectivity index (χ2v) is 4.75. The number of benzene rings is 1. The van der Waals surface area contributed by atoms with Crippen molar-refractivity contribution < 1.29 is 9.13 Å². The van der Waals surface area contributed by atoms with E-state index in [-0.39, 0.29) is 5.82 Å². The highest BCUT2D eigenvalue weighted by Gasteiger charge is 2.10. The molecule has 0 aliphatic rings. The van der Waals surface area contributed by atoms with Gasteiger partial charge < -0.3 is 10.1 Å². The number of hydrogen-bond donors (Lipinski definition) is 1. The Morgan fingerprint density at radius 2 is 2.16 bits per heavy atom. The summed E-state index contributed by atoms with van der Waals surface area (Å²) in [7, 11) is 1.80. The maximum Gasteiger partial charge on any atom is 0.223 e. The molecular weight excluding hydrogens is 263 g/mol. The predicted molar refractivity (Wildman–Crippen MR) is 75.3 cm³/mol.